The monoisotopic (exact) mass is 292 g/mol. The fraction of sp³-hybridized carbons (Fsp3) is 0.133. The lowest BCUT2D eigenvalue weighted by Gasteiger charge is -2.15. The van der Waals surface area contributed by atoms with Gasteiger partial charge >= 0.3 is 0 Å². The Morgan fingerprint density at radius 2 is 1.81 bits per heavy atom. The Kier molecular flexibility index (Phi) is 4.07. The lowest BCUT2D eigenvalue weighted by Crippen LogP contribution is -2.22. The van der Waals surface area contributed by atoms with Gasteiger partial charge in [0.15, 0.2) is 11.6 Å². The van der Waals surface area contributed by atoms with E-state index in [2.05, 4.69) is 0 Å². The highest BCUT2D eigenvalue weighted by Gasteiger charge is 2.16. The summed E-state index contributed by atoms with van der Waals surface area (Å²) in [6.45, 7) is 0. The summed E-state index contributed by atoms with van der Waals surface area (Å²) in [4.78, 5) is 13.4. The Bertz CT molecular complexity index is 687. The van der Waals surface area contributed by atoms with Gasteiger partial charge in [0.2, 0.25) is 0 Å². The van der Waals surface area contributed by atoms with Gasteiger partial charge in [0.1, 0.15) is 11.5 Å². The fourth-order valence-electron chi connectivity index (χ4n) is 1.71. The van der Waals surface area contributed by atoms with Crippen LogP contribution in [-0.4, -0.2) is 24.9 Å². The van der Waals surface area contributed by atoms with Crippen molar-refractivity contribution in [2.24, 2.45) is 0 Å². The van der Waals surface area contributed by atoms with Crippen LogP contribution in [0.15, 0.2) is 36.4 Å². The maximum atomic E-state index is 13.2. The molecule has 0 unspecified atom stereocenters. The summed E-state index contributed by atoms with van der Waals surface area (Å²) in [6.07, 6.45) is 0. The fourth-order valence-corrected chi connectivity index (χ4v) is 1.71. The molecule has 0 heterocycles. The molecule has 6 heteroatoms. The zero-order chi connectivity index (χ0) is 15.6. The number of carbonyl (C=O) groups is 1. The molecular weight excluding hydrogens is 278 g/mol. The van der Waals surface area contributed by atoms with Crippen molar-refractivity contribution in [3.63, 3.8) is 0 Å². The van der Waals surface area contributed by atoms with E-state index in [0.717, 1.165) is 12.1 Å². The number of benzene rings is 2. The van der Waals surface area contributed by atoms with Crippen LogP contribution < -0.4 is 10.5 Å². The molecule has 0 spiro atoms. The zero-order valence-electron chi connectivity index (χ0n) is 11.6. The summed E-state index contributed by atoms with van der Waals surface area (Å²) in [5.41, 5.74) is 6.34. The Morgan fingerprint density at radius 3 is 2.43 bits per heavy atom. The van der Waals surface area contributed by atoms with E-state index in [4.69, 9.17) is 10.5 Å². The first-order chi connectivity index (χ1) is 9.88. The number of hydrogen-bond donors (Lipinski definition) is 1. The van der Waals surface area contributed by atoms with Gasteiger partial charge in [-0.3, -0.25) is 4.79 Å². The van der Waals surface area contributed by atoms with Gasteiger partial charge in [0, 0.05) is 31.9 Å². The third kappa shape index (κ3) is 3.28. The number of nitrogens with zero attached hydrogens (tertiary/aromatic N) is 1. The second-order valence-corrected chi connectivity index (χ2v) is 4.63. The predicted octanol–water partition coefficient (Wildman–Crippen LogP) is 3.04. The highest BCUT2D eigenvalue weighted by Crippen LogP contribution is 2.29. The third-order valence-electron chi connectivity index (χ3n) is 2.76. The maximum Gasteiger partial charge on any atom is 0.257 e. The van der Waals surface area contributed by atoms with Gasteiger partial charge in [-0.15, -0.1) is 0 Å². The molecule has 2 N–H and O–H groups in total. The predicted molar refractivity (Wildman–Crippen MR) is 75.3 cm³/mol. The van der Waals surface area contributed by atoms with Gasteiger partial charge in [0.05, 0.1) is 5.56 Å². The molecule has 1 amide bonds. The van der Waals surface area contributed by atoms with E-state index in [0.29, 0.717) is 5.69 Å². The van der Waals surface area contributed by atoms with Crippen molar-refractivity contribution in [1.82, 2.24) is 4.90 Å². The van der Waals surface area contributed by atoms with Crippen molar-refractivity contribution >= 4 is 11.6 Å². The van der Waals surface area contributed by atoms with E-state index in [9.17, 15) is 13.6 Å². The van der Waals surface area contributed by atoms with Gasteiger partial charge in [-0.2, -0.15) is 0 Å². The molecule has 0 radical (unpaired) electrons. The number of halogens is 2. The van der Waals surface area contributed by atoms with Crippen LogP contribution in [0, 0.1) is 11.6 Å². The molecule has 0 atom stereocenters. The van der Waals surface area contributed by atoms with E-state index in [-0.39, 0.29) is 23.0 Å². The molecule has 110 valence electrons. The molecule has 0 saturated heterocycles. The molecule has 2 rings (SSSR count). The van der Waals surface area contributed by atoms with Gasteiger partial charge < -0.3 is 15.4 Å². The first kappa shape index (κ1) is 14.8. The van der Waals surface area contributed by atoms with Crippen LogP contribution in [0.5, 0.6) is 11.5 Å². The minimum Gasteiger partial charge on any atom is -0.456 e. The number of nitrogens with two attached hydrogens (primary N) is 1. The summed E-state index contributed by atoms with van der Waals surface area (Å²) in [5, 5.41) is 0. The Morgan fingerprint density at radius 1 is 1.10 bits per heavy atom. The Labute approximate surface area is 120 Å². The minimum absolute atomic E-state index is 0.0762. The number of ether oxygens (including phenoxy) is 1. The molecule has 21 heavy (non-hydrogen) atoms. The van der Waals surface area contributed by atoms with Crippen LogP contribution in [0.3, 0.4) is 0 Å². The molecule has 0 aromatic heterocycles. The summed E-state index contributed by atoms with van der Waals surface area (Å²) in [7, 11) is 3.19. The first-order valence-electron chi connectivity index (χ1n) is 6.12. The van der Waals surface area contributed by atoms with Crippen LogP contribution in [-0.2, 0) is 0 Å². The molecule has 0 aliphatic rings. The van der Waals surface area contributed by atoms with E-state index in [1.165, 1.54) is 23.1 Å². The standard InChI is InChI=1S/C15H14F2N2O2/c1-19(2)15(20)11-5-3-9(18)7-14(11)21-10-4-6-12(16)13(17)8-10/h3-8H,18H2,1-2H3. The number of hydrogen-bond acceptors (Lipinski definition) is 3. The van der Waals surface area contributed by atoms with Gasteiger partial charge in [0.25, 0.3) is 5.91 Å². The van der Waals surface area contributed by atoms with Crippen molar-refractivity contribution in [3.05, 3.63) is 53.6 Å². The molecule has 0 aliphatic heterocycles. The molecule has 0 aliphatic carbocycles. The van der Waals surface area contributed by atoms with Gasteiger partial charge in [-0.1, -0.05) is 0 Å². The van der Waals surface area contributed by atoms with Crippen molar-refractivity contribution in [2.45, 2.75) is 0 Å². The normalized spacial score (nSPS) is 10.3. The quantitative estimate of drug-likeness (QED) is 0.885. The van der Waals surface area contributed by atoms with E-state index in [1.807, 2.05) is 0 Å². The number of rotatable bonds is 3. The highest BCUT2D eigenvalue weighted by atomic mass is 19.2. The molecule has 0 bridgehead atoms. The van der Waals surface area contributed by atoms with Gasteiger partial charge in [-0.05, 0) is 24.3 Å². The average Bonchev–Trinajstić information content (AvgIpc) is 2.42. The molecule has 0 saturated carbocycles. The highest BCUT2D eigenvalue weighted by molar-refractivity contribution is 5.97. The summed E-state index contributed by atoms with van der Waals surface area (Å²) >= 11 is 0. The Balaban J connectivity index is 2.40. The van der Waals surface area contributed by atoms with Crippen LogP contribution in [0.4, 0.5) is 14.5 Å². The number of carbonyl (C=O) groups excluding carboxylic acids is 1. The van der Waals surface area contributed by atoms with Crippen molar-refractivity contribution in [2.75, 3.05) is 19.8 Å². The Hall–Kier alpha value is -2.63. The lowest BCUT2D eigenvalue weighted by atomic mass is 10.1. The average molecular weight is 292 g/mol. The summed E-state index contributed by atoms with van der Waals surface area (Å²) < 4.78 is 31.6. The SMILES string of the molecule is CN(C)C(=O)c1ccc(N)cc1Oc1ccc(F)c(F)c1. The minimum atomic E-state index is -1.03. The van der Waals surface area contributed by atoms with Crippen LogP contribution in [0.2, 0.25) is 0 Å². The van der Waals surface area contributed by atoms with Crippen LogP contribution in [0.1, 0.15) is 10.4 Å². The zero-order valence-corrected chi connectivity index (χ0v) is 11.6. The summed E-state index contributed by atoms with van der Waals surface area (Å²) in [5.74, 6) is -2.03. The van der Waals surface area contributed by atoms with E-state index < -0.39 is 11.6 Å². The second kappa shape index (κ2) is 5.78. The molecule has 0 fully saturated rings. The second-order valence-electron chi connectivity index (χ2n) is 4.63. The first-order valence-corrected chi connectivity index (χ1v) is 6.12. The number of anilines is 1. The van der Waals surface area contributed by atoms with Crippen LogP contribution in [0.25, 0.3) is 0 Å². The van der Waals surface area contributed by atoms with Crippen LogP contribution >= 0.6 is 0 Å². The van der Waals surface area contributed by atoms with E-state index >= 15 is 0 Å². The van der Waals surface area contributed by atoms with E-state index in [1.54, 1.807) is 20.2 Å². The lowest BCUT2D eigenvalue weighted by molar-refractivity contribution is 0.0825. The van der Waals surface area contributed by atoms with Crippen molar-refractivity contribution < 1.29 is 18.3 Å². The topological polar surface area (TPSA) is 55.6 Å². The third-order valence-corrected chi connectivity index (χ3v) is 2.76. The largest absolute Gasteiger partial charge is 0.456 e. The number of nitrogen functional groups attached to an aromatic ring is 1. The number of amides is 1. The summed E-state index contributed by atoms with van der Waals surface area (Å²) in [6, 6.07) is 7.66. The smallest absolute Gasteiger partial charge is 0.257 e. The van der Waals surface area contributed by atoms with Crippen molar-refractivity contribution in [1.29, 1.82) is 0 Å². The van der Waals surface area contributed by atoms with Gasteiger partial charge in [-0.25, -0.2) is 8.78 Å². The molecular formula is C15H14F2N2O2. The molecule has 2 aromatic carbocycles. The maximum absolute atomic E-state index is 13.2. The van der Waals surface area contributed by atoms with Crippen molar-refractivity contribution in [3.8, 4) is 11.5 Å². The molecule has 4 nitrogen and oxygen atoms in total. The molecule has 2 aromatic rings.